The van der Waals surface area contributed by atoms with Gasteiger partial charge in [-0.05, 0) is 43.2 Å². The summed E-state index contributed by atoms with van der Waals surface area (Å²) in [5.74, 6) is 0.588. The van der Waals surface area contributed by atoms with Gasteiger partial charge in [-0.2, -0.15) is 5.26 Å². The van der Waals surface area contributed by atoms with Crippen LogP contribution in [0, 0.1) is 11.3 Å². The van der Waals surface area contributed by atoms with Crippen LogP contribution < -0.4 is 5.73 Å². The molecule has 15 heavy (non-hydrogen) atoms. The molecule has 0 spiro atoms. The molecule has 0 atom stereocenters. The van der Waals surface area contributed by atoms with Crippen molar-refractivity contribution in [2.75, 3.05) is 0 Å². The summed E-state index contributed by atoms with van der Waals surface area (Å²) in [7, 11) is 0. The summed E-state index contributed by atoms with van der Waals surface area (Å²) in [5.41, 5.74) is 7.60. The fourth-order valence-electron chi connectivity index (χ4n) is 2.17. The number of pyridine rings is 1. The highest BCUT2D eigenvalue weighted by Gasteiger charge is 2.19. The molecule has 1 aliphatic carbocycles. The molecule has 0 aromatic carbocycles. The minimum atomic E-state index is 0.382. The predicted octanol–water partition coefficient (Wildman–Crippen LogP) is 1.94. The molecule has 0 radical (unpaired) electrons. The number of hydrogen-bond acceptors (Lipinski definition) is 3. The van der Waals surface area contributed by atoms with Crippen molar-refractivity contribution in [3.63, 3.8) is 0 Å². The van der Waals surface area contributed by atoms with Crippen molar-refractivity contribution in [2.24, 2.45) is 5.73 Å². The molecule has 0 saturated heterocycles. The molecular weight excluding hydrogens is 186 g/mol. The van der Waals surface area contributed by atoms with Crippen LogP contribution >= 0.6 is 0 Å². The molecule has 1 aromatic rings. The Morgan fingerprint density at radius 3 is 2.53 bits per heavy atom. The minimum absolute atomic E-state index is 0.382. The largest absolute Gasteiger partial charge is 0.328 e. The normalized spacial score (nSPS) is 25.9. The Labute approximate surface area is 89.9 Å². The summed E-state index contributed by atoms with van der Waals surface area (Å²) in [6, 6.07) is 6.23. The van der Waals surface area contributed by atoms with Gasteiger partial charge in [0.2, 0.25) is 0 Å². The van der Waals surface area contributed by atoms with E-state index < -0.39 is 0 Å². The molecule has 1 fully saturated rings. The second-order valence-electron chi connectivity index (χ2n) is 4.20. The van der Waals surface area contributed by atoms with Gasteiger partial charge in [-0.15, -0.1) is 0 Å². The molecule has 1 aliphatic rings. The molecular formula is C12H15N3. The SMILES string of the molecule is N#Cc1ccc(C2CCC(N)CC2)cn1. The quantitative estimate of drug-likeness (QED) is 0.755. The van der Waals surface area contributed by atoms with E-state index in [2.05, 4.69) is 4.98 Å². The van der Waals surface area contributed by atoms with Crippen molar-refractivity contribution in [1.29, 1.82) is 5.26 Å². The van der Waals surface area contributed by atoms with E-state index in [1.165, 1.54) is 5.56 Å². The van der Waals surface area contributed by atoms with Crippen molar-refractivity contribution in [3.05, 3.63) is 29.6 Å². The topological polar surface area (TPSA) is 62.7 Å². The molecule has 1 aromatic heterocycles. The highest BCUT2D eigenvalue weighted by atomic mass is 14.7. The Morgan fingerprint density at radius 1 is 1.27 bits per heavy atom. The zero-order valence-electron chi connectivity index (χ0n) is 8.69. The number of hydrogen-bond donors (Lipinski definition) is 1. The van der Waals surface area contributed by atoms with Gasteiger partial charge in [0.15, 0.2) is 0 Å². The first-order valence-corrected chi connectivity index (χ1v) is 5.41. The zero-order valence-corrected chi connectivity index (χ0v) is 8.69. The van der Waals surface area contributed by atoms with Crippen LogP contribution in [0.1, 0.15) is 42.9 Å². The summed E-state index contributed by atoms with van der Waals surface area (Å²) in [6.07, 6.45) is 6.33. The maximum Gasteiger partial charge on any atom is 0.140 e. The molecule has 2 N–H and O–H groups in total. The third-order valence-electron chi connectivity index (χ3n) is 3.14. The predicted molar refractivity (Wildman–Crippen MR) is 58.1 cm³/mol. The summed E-state index contributed by atoms with van der Waals surface area (Å²) in [4.78, 5) is 4.10. The van der Waals surface area contributed by atoms with E-state index in [1.807, 2.05) is 18.3 Å². The van der Waals surface area contributed by atoms with Crippen molar-refractivity contribution in [1.82, 2.24) is 4.98 Å². The maximum atomic E-state index is 8.64. The van der Waals surface area contributed by atoms with Gasteiger partial charge in [0.1, 0.15) is 11.8 Å². The maximum absolute atomic E-state index is 8.64. The monoisotopic (exact) mass is 201 g/mol. The number of nitrogens with zero attached hydrogens (tertiary/aromatic N) is 2. The average Bonchev–Trinajstić information content (AvgIpc) is 2.30. The van der Waals surface area contributed by atoms with Crippen molar-refractivity contribution < 1.29 is 0 Å². The van der Waals surface area contributed by atoms with Gasteiger partial charge in [-0.3, -0.25) is 0 Å². The lowest BCUT2D eigenvalue weighted by Gasteiger charge is -2.25. The number of nitrogens with two attached hydrogens (primary N) is 1. The van der Waals surface area contributed by atoms with Crippen molar-refractivity contribution in [3.8, 4) is 6.07 Å². The second-order valence-corrected chi connectivity index (χ2v) is 4.20. The van der Waals surface area contributed by atoms with E-state index in [4.69, 9.17) is 11.0 Å². The van der Waals surface area contributed by atoms with Crippen LogP contribution in [0.3, 0.4) is 0 Å². The first-order valence-electron chi connectivity index (χ1n) is 5.41. The molecule has 1 heterocycles. The fraction of sp³-hybridized carbons (Fsp3) is 0.500. The Kier molecular flexibility index (Phi) is 2.98. The Hall–Kier alpha value is -1.40. The fourth-order valence-corrected chi connectivity index (χ4v) is 2.17. The summed E-state index contributed by atoms with van der Waals surface area (Å²) < 4.78 is 0. The van der Waals surface area contributed by atoms with E-state index in [0.29, 0.717) is 17.7 Å². The van der Waals surface area contributed by atoms with E-state index in [1.54, 1.807) is 6.07 Å². The van der Waals surface area contributed by atoms with Gasteiger partial charge in [-0.25, -0.2) is 4.98 Å². The molecule has 0 unspecified atom stereocenters. The number of nitriles is 1. The molecule has 0 bridgehead atoms. The molecule has 0 aliphatic heterocycles. The van der Waals surface area contributed by atoms with Crippen molar-refractivity contribution in [2.45, 2.75) is 37.6 Å². The lowest BCUT2D eigenvalue weighted by molar-refractivity contribution is 0.395. The third kappa shape index (κ3) is 2.34. The van der Waals surface area contributed by atoms with Crippen LogP contribution in [0.2, 0.25) is 0 Å². The average molecular weight is 201 g/mol. The van der Waals surface area contributed by atoms with Crippen LogP contribution in [0.25, 0.3) is 0 Å². The standard InChI is InChI=1S/C12H15N3/c13-7-12-6-3-10(8-15-12)9-1-4-11(14)5-2-9/h3,6,8-9,11H,1-2,4-5,14H2. The van der Waals surface area contributed by atoms with Gasteiger partial charge in [0.25, 0.3) is 0 Å². The van der Waals surface area contributed by atoms with Gasteiger partial charge in [0.05, 0.1) is 0 Å². The van der Waals surface area contributed by atoms with E-state index in [9.17, 15) is 0 Å². The number of aromatic nitrogens is 1. The van der Waals surface area contributed by atoms with Gasteiger partial charge < -0.3 is 5.73 Å². The minimum Gasteiger partial charge on any atom is -0.328 e. The summed E-state index contributed by atoms with van der Waals surface area (Å²) in [5, 5.41) is 8.64. The molecule has 0 amide bonds. The number of rotatable bonds is 1. The lowest BCUT2D eigenvalue weighted by atomic mass is 9.82. The van der Waals surface area contributed by atoms with Gasteiger partial charge >= 0.3 is 0 Å². The molecule has 78 valence electrons. The van der Waals surface area contributed by atoms with Crippen LogP contribution in [0.5, 0.6) is 0 Å². The van der Waals surface area contributed by atoms with E-state index in [-0.39, 0.29) is 0 Å². The smallest absolute Gasteiger partial charge is 0.140 e. The highest BCUT2D eigenvalue weighted by Crippen LogP contribution is 2.31. The molecule has 3 heteroatoms. The highest BCUT2D eigenvalue weighted by molar-refractivity contribution is 5.25. The van der Waals surface area contributed by atoms with E-state index >= 15 is 0 Å². The molecule has 2 rings (SSSR count). The van der Waals surface area contributed by atoms with Gasteiger partial charge in [-0.1, -0.05) is 6.07 Å². The van der Waals surface area contributed by atoms with Crippen molar-refractivity contribution >= 4 is 0 Å². The Morgan fingerprint density at radius 2 is 2.00 bits per heavy atom. The van der Waals surface area contributed by atoms with Crippen LogP contribution in [0.4, 0.5) is 0 Å². The molecule has 1 saturated carbocycles. The molecule has 3 nitrogen and oxygen atoms in total. The summed E-state index contributed by atoms with van der Waals surface area (Å²) in [6.45, 7) is 0. The zero-order chi connectivity index (χ0) is 10.7. The third-order valence-corrected chi connectivity index (χ3v) is 3.14. The van der Waals surface area contributed by atoms with Gasteiger partial charge in [0, 0.05) is 12.2 Å². The Balaban J connectivity index is 2.07. The van der Waals surface area contributed by atoms with Crippen LogP contribution in [-0.2, 0) is 0 Å². The summed E-state index contributed by atoms with van der Waals surface area (Å²) >= 11 is 0. The van der Waals surface area contributed by atoms with Crippen LogP contribution in [-0.4, -0.2) is 11.0 Å². The first-order chi connectivity index (χ1) is 7.29. The lowest BCUT2D eigenvalue weighted by Crippen LogP contribution is -2.25. The first kappa shape index (κ1) is 10.1. The second kappa shape index (κ2) is 4.41. The van der Waals surface area contributed by atoms with E-state index in [0.717, 1.165) is 25.7 Å². The Bertz CT molecular complexity index is 355. The van der Waals surface area contributed by atoms with Crippen LogP contribution in [0.15, 0.2) is 18.3 Å².